The Labute approximate surface area is 185 Å². The predicted octanol–water partition coefficient (Wildman–Crippen LogP) is 4.21. The maximum Gasteiger partial charge on any atom is 0.256 e. The summed E-state index contributed by atoms with van der Waals surface area (Å²) < 4.78 is 0. The minimum absolute atomic E-state index is 0.0133. The number of hydrogen-bond donors (Lipinski definition) is 3. The Morgan fingerprint density at radius 3 is 2.75 bits per heavy atom. The summed E-state index contributed by atoms with van der Waals surface area (Å²) >= 11 is 0. The molecule has 162 valence electrons. The summed E-state index contributed by atoms with van der Waals surface area (Å²) in [7, 11) is 0. The van der Waals surface area contributed by atoms with Crippen LogP contribution in [0.25, 0.3) is 10.9 Å². The first-order chi connectivity index (χ1) is 15.6. The van der Waals surface area contributed by atoms with Crippen molar-refractivity contribution in [3.63, 3.8) is 0 Å². The van der Waals surface area contributed by atoms with E-state index in [2.05, 4.69) is 25.7 Å². The third kappa shape index (κ3) is 3.75. The van der Waals surface area contributed by atoms with Crippen molar-refractivity contribution in [2.24, 2.45) is 0 Å². The highest BCUT2D eigenvalue weighted by atomic mass is 16.2. The highest BCUT2D eigenvalue weighted by molar-refractivity contribution is 6.06. The first-order valence-electron chi connectivity index (χ1n) is 10.8. The van der Waals surface area contributed by atoms with Crippen LogP contribution >= 0.6 is 0 Å². The van der Waals surface area contributed by atoms with Gasteiger partial charge in [-0.25, -0.2) is 0 Å². The number of anilines is 1. The molecule has 1 aliphatic rings. The first-order valence-corrected chi connectivity index (χ1v) is 10.8. The second kappa shape index (κ2) is 8.30. The number of hydrogen-bond acceptors (Lipinski definition) is 4. The third-order valence-electron chi connectivity index (χ3n) is 5.99. The number of nitrogens with zero attached hydrogens (tertiary/aromatic N) is 3. The number of aromatic nitrogens is 4. The molecule has 2 aromatic heterocycles. The minimum Gasteiger partial charge on any atom is -0.330 e. The van der Waals surface area contributed by atoms with Gasteiger partial charge in [0.05, 0.1) is 23.4 Å². The van der Waals surface area contributed by atoms with Gasteiger partial charge >= 0.3 is 0 Å². The number of rotatable bonds is 4. The van der Waals surface area contributed by atoms with Crippen LogP contribution in [0.15, 0.2) is 54.7 Å². The molecule has 1 unspecified atom stereocenters. The van der Waals surface area contributed by atoms with E-state index < -0.39 is 0 Å². The lowest BCUT2D eigenvalue weighted by atomic mass is 9.98. The number of H-pyrrole nitrogens is 2. The fourth-order valence-corrected chi connectivity index (χ4v) is 4.37. The third-order valence-corrected chi connectivity index (χ3v) is 5.99. The summed E-state index contributed by atoms with van der Waals surface area (Å²) in [5, 5.41) is 18.0. The van der Waals surface area contributed by atoms with E-state index in [1.807, 2.05) is 54.3 Å². The number of likely N-dealkylation sites (tertiary alicyclic amines) is 1. The van der Waals surface area contributed by atoms with Crippen LogP contribution in [0.5, 0.6) is 0 Å². The molecule has 0 saturated carbocycles. The molecular weight excluding hydrogens is 404 g/mol. The highest BCUT2D eigenvalue weighted by Crippen LogP contribution is 2.32. The van der Waals surface area contributed by atoms with Crippen molar-refractivity contribution < 1.29 is 9.59 Å². The topological polar surface area (TPSA) is 107 Å². The molecule has 1 saturated heterocycles. The maximum atomic E-state index is 13.1. The van der Waals surface area contributed by atoms with Gasteiger partial charge in [0.15, 0.2) is 5.82 Å². The number of amides is 2. The standard InChI is InChI=1S/C24H24N6O2/c1-15-11-17(12-18-14-25-29-22(15)18)23(31)26-21-13-19(27-28-21)20-9-5-6-10-30(20)24(32)16-7-3-2-4-8-16/h2-4,7-8,11-14,20H,5-6,9-10H2,1H3,(H,25,29)(H2,26,27,28,31). The summed E-state index contributed by atoms with van der Waals surface area (Å²) in [6, 6.07) is 14.7. The molecule has 0 bridgehead atoms. The zero-order chi connectivity index (χ0) is 22.1. The number of piperidine rings is 1. The van der Waals surface area contributed by atoms with Gasteiger partial charge in [-0.2, -0.15) is 10.2 Å². The van der Waals surface area contributed by atoms with Crippen molar-refractivity contribution in [1.29, 1.82) is 0 Å². The number of aromatic amines is 2. The molecule has 1 aliphatic heterocycles. The van der Waals surface area contributed by atoms with Gasteiger partial charge in [-0.3, -0.25) is 19.8 Å². The molecule has 1 fully saturated rings. The molecule has 2 amide bonds. The molecule has 5 rings (SSSR count). The second-order valence-electron chi connectivity index (χ2n) is 8.17. The van der Waals surface area contributed by atoms with E-state index in [1.165, 1.54) is 0 Å². The average Bonchev–Trinajstić information content (AvgIpc) is 3.49. The normalized spacial score (nSPS) is 16.3. The zero-order valence-corrected chi connectivity index (χ0v) is 17.8. The van der Waals surface area contributed by atoms with Gasteiger partial charge in [-0.05, 0) is 56.0 Å². The molecular formula is C24H24N6O2. The molecule has 3 heterocycles. The maximum absolute atomic E-state index is 13.1. The van der Waals surface area contributed by atoms with Crippen LogP contribution in [-0.2, 0) is 0 Å². The van der Waals surface area contributed by atoms with Crippen molar-refractivity contribution in [3.8, 4) is 0 Å². The lowest BCUT2D eigenvalue weighted by molar-refractivity contribution is 0.0606. The quantitative estimate of drug-likeness (QED) is 0.452. The molecule has 4 aromatic rings. The Hall–Kier alpha value is -3.94. The zero-order valence-electron chi connectivity index (χ0n) is 17.8. The highest BCUT2D eigenvalue weighted by Gasteiger charge is 2.30. The summed E-state index contributed by atoms with van der Waals surface area (Å²) in [6.07, 6.45) is 4.56. The molecule has 1 atom stereocenters. The number of benzene rings is 2. The smallest absolute Gasteiger partial charge is 0.256 e. The molecule has 3 N–H and O–H groups in total. The van der Waals surface area contributed by atoms with Crippen molar-refractivity contribution >= 4 is 28.5 Å². The molecule has 32 heavy (non-hydrogen) atoms. The van der Waals surface area contributed by atoms with E-state index in [-0.39, 0.29) is 17.9 Å². The lowest BCUT2D eigenvalue weighted by Gasteiger charge is -2.35. The van der Waals surface area contributed by atoms with E-state index in [0.29, 0.717) is 23.5 Å². The average molecular weight is 428 g/mol. The summed E-state index contributed by atoms with van der Waals surface area (Å²) in [4.78, 5) is 27.8. The molecule has 0 aliphatic carbocycles. The van der Waals surface area contributed by atoms with Crippen molar-refractivity contribution in [2.75, 3.05) is 11.9 Å². The van der Waals surface area contributed by atoms with Gasteiger partial charge in [0.2, 0.25) is 0 Å². The lowest BCUT2D eigenvalue weighted by Crippen LogP contribution is -2.38. The van der Waals surface area contributed by atoms with Gasteiger partial charge in [0.25, 0.3) is 11.8 Å². The van der Waals surface area contributed by atoms with Gasteiger partial charge in [-0.1, -0.05) is 18.2 Å². The monoisotopic (exact) mass is 428 g/mol. The van der Waals surface area contributed by atoms with Crippen molar-refractivity contribution in [2.45, 2.75) is 32.2 Å². The molecule has 2 aromatic carbocycles. The van der Waals surface area contributed by atoms with E-state index in [9.17, 15) is 9.59 Å². The summed E-state index contributed by atoms with van der Waals surface area (Å²) in [5.74, 6) is 0.210. The van der Waals surface area contributed by atoms with E-state index in [1.54, 1.807) is 12.3 Å². The summed E-state index contributed by atoms with van der Waals surface area (Å²) in [6.45, 7) is 2.63. The van der Waals surface area contributed by atoms with E-state index in [0.717, 1.165) is 41.4 Å². The predicted molar refractivity (Wildman–Crippen MR) is 121 cm³/mol. The van der Waals surface area contributed by atoms with Crippen LogP contribution in [0.1, 0.15) is 57.3 Å². The van der Waals surface area contributed by atoms with Crippen molar-refractivity contribution in [1.82, 2.24) is 25.3 Å². The number of nitrogens with one attached hydrogen (secondary N) is 3. The van der Waals surface area contributed by atoms with Crippen molar-refractivity contribution in [3.05, 3.63) is 77.1 Å². The van der Waals surface area contributed by atoms with Crippen LogP contribution in [-0.4, -0.2) is 43.7 Å². The Balaban J connectivity index is 1.34. The number of fused-ring (bicyclic) bond motifs is 1. The van der Waals surface area contributed by atoms with Crippen LogP contribution in [0, 0.1) is 6.92 Å². The Bertz CT molecular complexity index is 1280. The molecule has 0 radical (unpaired) electrons. The second-order valence-corrected chi connectivity index (χ2v) is 8.17. The van der Waals surface area contributed by atoms with Gasteiger partial charge in [-0.15, -0.1) is 0 Å². The first kappa shape index (κ1) is 20.0. The van der Waals surface area contributed by atoms with E-state index >= 15 is 0 Å². The number of carbonyl (C=O) groups is 2. The molecule has 8 nitrogen and oxygen atoms in total. The SMILES string of the molecule is Cc1cc(C(=O)Nc2cc(C3CCCCN3C(=O)c3ccccc3)[nH]n2)cc2cn[nH]c12. The Morgan fingerprint density at radius 1 is 1.06 bits per heavy atom. The summed E-state index contributed by atoms with van der Waals surface area (Å²) in [5.41, 5.74) is 3.91. The molecule has 8 heteroatoms. The van der Waals surface area contributed by atoms with E-state index in [4.69, 9.17) is 0 Å². The van der Waals surface area contributed by atoms with Crippen LogP contribution in [0.3, 0.4) is 0 Å². The fourth-order valence-electron chi connectivity index (χ4n) is 4.37. The van der Waals surface area contributed by atoms with Crippen LogP contribution in [0.2, 0.25) is 0 Å². The Morgan fingerprint density at radius 2 is 1.91 bits per heavy atom. The van der Waals surface area contributed by atoms with Gasteiger partial charge in [0.1, 0.15) is 0 Å². The van der Waals surface area contributed by atoms with Gasteiger partial charge in [0, 0.05) is 29.1 Å². The van der Waals surface area contributed by atoms with Crippen LogP contribution in [0.4, 0.5) is 5.82 Å². The fraction of sp³-hybridized carbons (Fsp3) is 0.250. The number of aryl methyl sites for hydroxylation is 1. The largest absolute Gasteiger partial charge is 0.330 e. The van der Waals surface area contributed by atoms with Crippen LogP contribution < -0.4 is 5.32 Å². The van der Waals surface area contributed by atoms with Gasteiger partial charge < -0.3 is 10.2 Å². The number of carbonyl (C=O) groups excluding carboxylic acids is 2. The molecule has 0 spiro atoms. The Kier molecular flexibility index (Phi) is 5.18. The minimum atomic E-state index is -0.241.